The molecule has 0 atom stereocenters. The molecule has 3 rings (SSSR count). The topological polar surface area (TPSA) is 80.3 Å². The van der Waals surface area contributed by atoms with E-state index in [9.17, 15) is 36.5 Å². The van der Waals surface area contributed by atoms with Crippen molar-refractivity contribution in [3.63, 3.8) is 0 Å². The van der Waals surface area contributed by atoms with E-state index in [1.54, 1.807) is 0 Å². The molecule has 0 aliphatic rings. The fourth-order valence-electron chi connectivity index (χ4n) is 2.89. The Kier molecular flexibility index (Phi) is 6.32. The Labute approximate surface area is 177 Å². The van der Waals surface area contributed by atoms with Crippen molar-refractivity contribution in [2.45, 2.75) is 25.4 Å². The first kappa shape index (κ1) is 23.0. The summed E-state index contributed by atoms with van der Waals surface area (Å²) in [6, 6.07) is 10.0. The van der Waals surface area contributed by atoms with Crippen LogP contribution in [0.3, 0.4) is 0 Å². The highest BCUT2D eigenvalue weighted by Crippen LogP contribution is 2.35. The molecular formula is C20H15F6N3O3. The second kappa shape index (κ2) is 8.81. The number of benzene rings is 2. The summed E-state index contributed by atoms with van der Waals surface area (Å²) < 4.78 is 84.2. The van der Waals surface area contributed by atoms with Gasteiger partial charge in [0.1, 0.15) is 10.7 Å². The molecule has 0 aliphatic heterocycles. The summed E-state index contributed by atoms with van der Waals surface area (Å²) >= 11 is 0. The molecule has 32 heavy (non-hydrogen) atoms. The molecule has 1 aromatic heterocycles. The number of nitrogens with one attached hydrogen (secondary N) is 2. The smallest absolute Gasteiger partial charge is 0.404 e. The van der Waals surface area contributed by atoms with E-state index in [-0.39, 0.29) is 35.8 Å². The molecule has 0 spiro atoms. The lowest BCUT2D eigenvalue weighted by molar-refractivity contribution is -0.402. The molecule has 0 unspecified atom stereocenters. The van der Waals surface area contributed by atoms with E-state index in [0.29, 0.717) is 0 Å². The van der Waals surface area contributed by atoms with Crippen LogP contribution in [0.2, 0.25) is 0 Å². The van der Waals surface area contributed by atoms with Crippen LogP contribution in [0.5, 0.6) is 0 Å². The highest BCUT2D eigenvalue weighted by molar-refractivity contribution is 5.60. The Hall–Kier alpha value is -3.70. The summed E-state index contributed by atoms with van der Waals surface area (Å²) in [5, 5.41) is 15.9. The normalized spacial score (nSPS) is 11.9. The standard InChI is InChI=1S/C20H15F6N3O3/c21-19(22,23)13-7-14(27-10-12-3-1-2-4-17(12)20(24,25)26)9-15(8-13)28-11-16-5-6-18(32-16)29(30)31/h1-9,27-28H,10-11H2. The van der Waals surface area contributed by atoms with Crippen molar-refractivity contribution < 1.29 is 35.7 Å². The zero-order valence-electron chi connectivity index (χ0n) is 16.1. The second-order valence-electron chi connectivity index (χ2n) is 6.66. The van der Waals surface area contributed by atoms with Crippen LogP contribution in [0.15, 0.2) is 59.0 Å². The van der Waals surface area contributed by atoms with Crippen LogP contribution >= 0.6 is 0 Å². The third-order valence-corrected chi connectivity index (χ3v) is 4.36. The zero-order valence-corrected chi connectivity index (χ0v) is 16.1. The van der Waals surface area contributed by atoms with Gasteiger partial charge in [-0.15, -0.1) is 0 Å². The van der Waals surface area contributed by atoms with Gasteiger partial charge in [0.15, 0.2) is 0 Å². The van der Waals surface area contributed by atoms with Gasteiger partial charge in [0.05, 0.1) is 23.7 Å². The van der Waals surface area contributed by atoms with E-state index >= 15 is 0 Å². The monoisotopic (exact) mass is 459 g/mol. The Bertz CT molecular complexity index is 1110. The summed E-state index contributed by atoms with van der Waals surface area (Å²) in [4.78, 5) is 9.90. The molecule has 0 aliphatic carbocycles. The Morgan fingerprint density at radius 2 is 1.47 bits per heavy atom. The summed E-state index contributed by atoms with van der Waals surface area (Å²) in [5.74, 6) is -0.403. The predicted octanol–water partition coefficient (Wildman–Crippen LogP) is 6.45. The first-order valence-electron chi connectivity index (χ1n) is 9.02. The number of alkyl halides is 6. The van der Waals surface area contributed by atoms with Crippen LogP contribution in [0.1, 0.15) is 22.5 Å². The van der Waals surface area contributed by atoms with E-state index in [1.807, 2.05) is 0 Å². The summed E-state index contributed by atoms with van der Waals surface area (Å²) in [6.45, 7) is -0.508. The van der Waals surface area contributed by atoms with Gasteiger partial charge in [-0.05, 0) is 35.9 Å². The summed E-state index contributed by atoms with van der Waals surface area (Å²) in [6.07, 6.45) is -9.31. The van der Waals surface area contributed by atoms with Crippen LogP contribution in [-0.4, -0.2) is 4.92 Å². The van der Waals surface area contributed by atoms with Crippen molar-refractivity contribution >= 4 is 17.3 Å². The van der Waals surface area contributed by atoms with Gasteiger partial charge < -0.3 is 15.1 Å². The second-order valence-corrected chi connectivity index (χ2v) is 6.66. The van der Waals surface area contributed by atoms with Gasteiger partial charge in [0.2, 0.25) is 0 Å². The van der Waals surface area contributed by atoms with Gasteiger partial charge in [0, 0.05) is 17.9 Å². The van der Waals surface area contributed by atoms with Gasteiger partial charge >= 0.3 is 18.2 Å². The SMILES string of the molecule is O=[N+]([O-])c1ccc(CNc2cc(NCc3ccccc3C(F)(F)F)cc(C(F)(F)F)c2)o1. The number of rotatable bonds is 7. The molecule has 12 heteroatoms. The van der Waals surface area contributed by atoms with Gasteiger partial charge in [-0.1, -0.05) is 18.2 Å². The third kappa shape index (κ3) is 5.71. The van der Waals surface area contributed by atoms with Crippen LogP contribution in [-0.2, 0) is 25.4 Å². The molecule has 170 valence electrons. The number of hydrogen-bond donors (Lipinski definition) is 2. The Morgan fingerprint density at radius 1 is 0.844 bits per heavy atom. The van der Waals surface area contributed by atoms with E-state index in [2.05, 4.69) is 10.6 Å². The number of nitro groups is 1. The molecule has 1 heterocycles. The highest BCUT2D eigenvalue weighted by Gasteiger charge is 2.33. The first-order valence-corrected chi connectivity index (χ1v) is 9.02. The van der Waals surface area contributed by atoms with Crippen molar-refractivity contribution in [3.05, 3.63) is 87.2 Å². The fraction of sp³-hybridized carbons (Fsp3) is 0.200. The van der Waals surface area contributed by atoms with Crippen LogP contribution in [0.25, 0.3) is 0 Å². The molecular weight excluding hydrogens is 444 g/mol. The number of furan rings is 1. The maximum absolute atomic E-state index is 13.3. The average molecular weight is 459 g/mol. The lowest BCUT2D eigenvalue weighted by atomic mass is 10.1. The molecule has 0 radical (unpaired) electrons. The third-order valence-electron chi connectivity index (χ3n) is 4.36. The minimum absolute atomic E-state index is 0.00881. The molecule has 2 N–H and O–H groups in total. The van der Waals surface area contributed by atoms with Gasteiger partial charge in [-0.3, -0.25) is 10.1 Å². The van der Waals surface area contributed by atoms with Crippen molar-refractivity contribution in [2.24, 2.45) is 0 Å². The fourth-order valence-corrected chi connectivity index (χ4v) is 2.89. The van der Waals surface area contributed by atoms with E-state index in [1.165, 1.54) is 30.3 Å². The molecule has 6 nitrogen and oxygen atoms in total. The summed E-state index contributed by atoms with van der Waals surface area (Å²) in [7, 11) is 0. The largest absolute Gasteiger partial charge is 0.433 e. The molecule has 0 fully saturated rings. The molecule has 0 bridgehead atoms. The van der Waals surface area contributed by atoms with Gasteiger partial charge in [0.25, 0.3) is 0 Å². The molecule has 3 aromatic rings. The predicted molar refractivity (Wildman–Crippen MR) is 103 cm³/mol. The van der Waals surface area contributed by atoms with Crippen LogP contribution in [0, 0.1) is 10.1 Å². The number of hydrogen-bond acceptors (Lipinski definition) is 5. The van der Waals surface area contributed by atoms with Crippen LogP contribution < -0.4 is 10.6 Å². The quantitative estimate of drug-likeness (QED) is 0.241. The average Bonchev–Trinajstić information content (AvgIpc) is 3.19. The van der Waals surface area contributed by atoms with Crippen molar-refractivity contribution in [1.82, 2.24) is 0 Å². The maximum Gasteiger partial charge on any atom is 0.433 e. The van der Waals surface area contributed by atoms with Crippen LogP contribution in [0.4, 0.5) is 43.6 Å². The first-order chi connectivity index (χ1) is 14.9. The maximum atomic E-state index is 13.3. The van der Waals surface area contributed by atoms with Gasteiger partial charge in [-0.2, -0.15) is 26.3 Å². The van der Waals surface area contributed by atoms with E-state index in [4.69, 9.17) is 4.42 Å². The lowest BCUT2D eigenvalue weighted by Crippen LogP contribution is -2.12. The molecule has 0 amide bonds. The van der Waals surface area contributed by atoms with E-state index < -0.39 is 34.3 Å². The number of halogens is 6. The number of nitrogens with zero attached hydrogens (tertiary/aromatic N) is 1. The van der Waals surface area contributed by atoms with Crippen molar-refractivity contribution in [3.8, 4) is 0 Å². The van der Waals surface area contributed by atoms with Crippen molar-refractivity contribution in [2.75, 3.05) is 10.6 Å². The zero-order chi connectivity index (χ0) is 23.5. The van der Waals surface area contributed by atoms with E-state index in [0.717, 1.165) is 24.3 Å². The number of anilines is 2. The van der Waals surface area contributed by atoms with Crippen molar-refractivity contribution in [1.29, 1.82) is 0 Å². The molecule has 0 saturated heterocycles. The lowest BCUT2D eigenvalue weighted by Gasteiger charge is -2.16. The Morgan fingerprint density at radius 3 is 2.03 bits per heavy atom. The minimum atomic E-state index is -4.71. The Balaban J connectivity index is 1.81. The molecule has 2 aromatic carbocycles. The minimum Gasteiger partial charge on any atom is -0.404 e. The highest BCUT2D eigenvalue weighted by atomic mass is 19.4. The molecule has 0 saturated carbocycles. The van der Waals surface area contributed by atoms with Gasteiger partial charge in [-0.25, -0.2) is 0 Å². The summed E-state index contributed by atoms with van der Waals surface area (Å²) in [5.41, 5.74) is -2.12.